The van der Waals surface area contributed by atoms with Crippen LogP contribution in [0.15, 0.2) is 18.2 Å². The largest absolute Gasteiger partial charge is 0.508 e. The first kappa shape index (κ1) is 30.2. The van der Waals surface area contributed by atoms with Crippen molar-refractivity contribution in [2.24, 2.45) is 34.5 Å². The summed E-state index contributed by atoms with van der Waals surface area (Å²) in [6.07, 6.45) is 4.64. The molecule has 4 rings (SSSR count). The van der Waals surface area contributed by atoms with Gasteiger partial charge in [0.1, 0.15) is 17.1 Å². The van der Waals surface area contributed by atoms with E-state index in [1.54, 1.807) is 4.90 Å². The fourth-order valence-electron chi connectivity index (χ4n) is 8.02. The molecule has 2 amide bonds. The molecule has 3 fully saturated rings. The molecule has 8 nitrogen and oxygen atoms in total. The Morgan fingerprint density at radius 3 is 2.17 bits per heavy atom. The van der Waals surface area contributed by atoms with Gasteiger partial charge in [-0.05, 0) is 87.7 Å². The Kier molecular flexibility index (Phi) is 8.23. The maximum absolute atomic E-state index is 14.1. The number of aromatic hydroxyl groups is 2. The summed E-state index contributed by atoms with van der Waals surface area (Å²) in [6.45, 7) is 15.3. The molecule has 0 radical (unpaired) electrons. The van der Waals surface area contributed by atoms with Crippen molar-refractivity contribution in [1.29, 1.82) is 0 Å². The summed E-state index contributed by atoms with van der Waals surface area (Å²) in [5, 5.41) is 23.6. The predicted octanol–water partition coefficient (Wildman–Crippen LogP) is 5.90. The number of nitrogens with zero attached hydrogens (tertiary/aromatic N) is 1. The van der Waals surface area contributed by atoms with Gasteiger partial charge >= 0.3 is 6.09 Å². The Balaban J connectivity index is 1.53. The summed E-state index contributed by atoms with van der Waals surface area (Å²) >= 11 is 0. The summed E-state index contributed by atoms with van der Waals surface area (Å²) in [5.74, 6) is -0.850. The minimum absolute atomic E-state index is 0.00830. The van der Waals surface area contributed by atoms with Gasteiger partial charge in [0.2, 0.25) is 5.91 Å². The van der Waals surface area contributed by atoms with Crippen LogP contribution in [0, 0.1) is 34.5 Å². The number of ketones is 1. The lowest BCUT2D eigenvalue weighted by molar-refractivity contribution is -0.132. The molecule has 8 heteroatoms. The molecule has 2 aliphatic carbocycles. The number of hydrogen-bond acceptors (Lipinski definition) is 6. The number of piperidine rings is 1. The van der Waals surface area contributed by atoms with Crippen LogP contribution in [-0.2, 0) is 9.53 Å². The average Bonchev–Trinajstić information content (AvgIpc) is 2.83. The van der Waals surface area contributed by atoms with Crippen LogP contribution in [0.1, 0.15) is 97.3 Å². The lowest BCUT2D eigenvalue weighted by Gasteiger charge is -2.60. The van der Waals surface area contributed by atoms with Gasteiger partial charge in [-0.15, -0.1) is 0 Å². The highest BCUT2D eigenvalue weighted by atomic mass is 16.6. The van der Waals surface area contributed by atoms with E-state index in [-0.39, 0.29) is 69.8 Å². The first-order valence-corrected chi connectivity index (χ1v) is 14.9. The van der Waals surface area contributed by atoms with E-state index in [0.717, 1.165) is 25.7 Å². The van der Waals surface area contributed by atoms with Crippen LogP contribution in [0.4, 0.5) is 4.79 Å². The summed E-state index contributed by atoms with van der Waals surface area (Å²) in [6, 6.07) is 3.92. The van der Waals surface area contributed by atoms with Crippen LogP contribution in [0.5, 0.6) is 11.5 Å². The SMILES string of the molecule is CC1C(NC(=O)C2CCN(C(=O)OC(C)(C)C)CC2)CC2C(C)(C)CCCC2(C)C1C(=O)c1cc(O)cc(O)c1. The number of ether oxygens (including phenoxy) is 1. The number of amides is 2. The van der Waals surface area contributed by atoms with Gasteiger partial charge in [-0.25, -0.2) is 4.79 Å². The highest BCUT2D eigenvalue weighted by Crippen LogP contribution is 2.61. The number of carbonyl (C=O) groups is 3. The van der Waals surface area contributed by atoms with Crippen LogP contribution in [0.3, 0.4) is 0 Å². The van der Waals surface area contributed by atoms with E-state index < -0.39 is 5.60 Å². The van der Waals surface area contributed by atoms with Gasteiger partial charge in [-0.1, -0.05) is 34.1 Å². The molecule has 5 atom stereocenters. The molecule has 3 aliphatic rings. The normalized spacial score (nSPS) is 30.7. The summed E-state index contributed by atoms with van der Waals surface area (Å²) in [4.78, 5) is 41.8. The van der Waals surface area contributed by atoms with Gasteiger partial charge in [0.25, 0.3) is 0 Å². The molecule has 0 aromatic heterocycles. The molecule has 1 aromatic carbocycles. The quantitative estimate of drug-likeness (QED) is 0.398. The fraction of sp³-hybridized carbons (Fsp3) is 0.719. The number of rotatable bonds is 4. The summed E-state index contributed by atoms with van der Waals surface area (Å²) in [5.41, 5.74) is -0.512. The van der Waals surface area contributed by atoms with Crippen LogP contribution >= 0.6 is 0 Å². The second-order valence-corrected chi connectivity index (χ2v) is 14.4. The third-order valence-corrected chi connectivity index (χ3v) is 9.95. The van der Waals surface area contributed by atoms with E-state index in [9.17, 15) is 24.6 Å². The molecule has 3 N–H and O–H groups in total. The molecular weight excluding hydrogens is 508 g/mol. The Morgan fingerprint density at radius 1 is 1.00 bits per heavy atom. The van der Waals surface area contributed by atoms with E-state index in [0.29, 0.717) is 31.5 Å². The molecule has 40 heavy (non-hydrogen) atoms. The molecule has 1 aliphatic heterocycles. The number of Topliss-reactive ketones (excluding diaryl/α,β-unsaturated/α-hetero) is 1. The zero-order chi connectivity index (χ0) is 29.6. The maximum Gasteiger partial charge on any atom is 0.410 e. The molecule has 0 spiro atoms. The third kappa shape index (κ3) is 6.10. The number of phenolic OH excluding ortho intramolecular Hbond substituents is 2. The summed E-state index contributed by atoms with van der Waals surface area (Å²) in [7, 11) is 0. The number of benzene rings is 1. The van der Waals surface area contributed by atoms with Crippen molar-refractivity contribution in [2.45, 2.75) is 98.6 Å². The highest BCUT2D eigenvalue weighted by molar-refractivity contribution is 5.99. The van der Waals surface area contributed by atoms with Gasteiger partial charge in [0.15, 0.2) is 5.78 Å². The van der Waals surface area contributed by atoms with Gasteiger partial charge in [0.05, 0.1) is 0 Å². The van der Waals surface area contributed by atoms with E-state index in [1.807, 2.05) is 20.8 Å². The van der Waals surface area contributed by atoms with Gasteiger partial charge in [-0.3, -0.25) is 9.59 Å². The predicted molar refractivity (Wildman–Crippen MR) is 153 cm³/mol. The Hall–Kier alpha value is -2.77. The zero-order valence-electron chi connectivity index (χ0n) is 25.3. The molecule has 0 bridgehead atoms. The number of likely N-dealkylation sites (tertiary alicyclic amines) is 1. The second-order valence-electron chi connectivity index (χ2n) is 14.4. The minimum atomic E-state index is -0.560. The Labute approximate surface area is 238 Å². The van der Waals surface area contributed by atoms with Crippen molar-refractivity contribution in [3.05, 3.63) is 23.8 Å². The average molecular weight is 557 g/mol. The Morgan fingerprint density at radius 2 is 1.60 bits per heavy atom. The topological polar surface area (TPSA) is 116 Å². The van der Waals surface area contributed by atoms with E-state index in [1.165, 1.54) is 18.2 Å². The van der Waals surface area contributed by atoms with Crippen molar-refractivity contribution in [3.63, 3.8) is 0 Å². The smallest absolute Gasteiger partial charge is 0.410 e. The van der Waals surface area contributed by atoms with Gasteiger partial charge in [-0.2, -0.15) is 0 Å². The van der Waals surface area contributed by atoms with Gasteiger partial charge < -0.3 is 25.2 Å². The number of nitrogens with one attached hydrogen (secondary N) is 1. The first-order chi connectivity index (χ1) is 18.5. The monoisotopic (exact) mass is 556 g/mol. The summed E-state index contributed by atoms with van der Waals surface area (Å²) < 4.78 is 5.50. The molecule has 5 unspecified atom stereocenters. The molecular formula is C32H48N2O6. The second kappa shape index (κ2) is 10.9. The maximum atomic E-state index is 14.1. The number of carbonyl (C=O) groups excluding carboxylic acids is 3. The van der Waals surface area contributed by atoms with Gasteiger partial charge in [0, 0.05) is 42.6 Å². The minimum Gasteiger partial charge on any atom is -0.508 e. The van der Waals surface area contributed by atoms with Crippen molar-refractivity contribution < 1.29 is 29.3 Å². The highest BCUT2D eigenvalue weighted by Gasteiger charge is 2.58. The van der Waals surface area contributed by atoms with Crippen LogP contribution in [0.25, 0.3) is 0 Å². The standard InChI is InChI=1S/C32H48N2O6/c1-19-24(33-28(38)20-9-13-34(14-10-20)29(39)40-30(2,3)4)18-25-31(5,6)11-8-12-32(25,7)26(19)27(37)21-15-22(35)17-23(36)16-21/h15-17,19-20,24-26,35-36H,8-14,18H2,1-7H3,(H,33,38). The number of phenols is 2. The number of fused-ring (bicyclic) bond motifs is 1. The lowest BCUT2D eigenvalue weighted by Crippen LogP contribution is -2.61. The molecule has 222 valence electrons. The zero-order valence-corrected chi connectivity index (χ0v) is 25.3. The Bertz CT molecular complexity index is 1110. The van der Waals surface area contributed by atoms with E-state index in [2.05, 4.69) is 33.0 Å². The molecule has 1 saturated heterocycles. The third-order valence-electron chi connectivity index (χ3n) is 9.95. The van der Waals surface area contributed by atoms with E-state index in [4.69, 9.17) is 4.74 Å². The fourth-order valence-corrected chi connectivity index (χ4v) is 8.02. The molecule has 2 saturated carbocycles. The van der Waals surface area contributed by atoms with Crippen molar-refractivity contribution >= 4 is 17.8 Å². The van der Waals surface area contributed by atoms with E-state index >= 15 is 0 Å². The molecule has 1 heterocycles. The van der Waals surface area contributed by atoms with Crippen LogP contribution < -0.4 is 5.32 Å². The van der Waals surface area contributed by atoms with Crippen LogP contribution in [0.2, 0.25) is 0 Å². The van der Waals surface area contributed by atoms with Crippen molar-refractivity contribution in [3.8, 4) is 11.5 Å². The van der Waals surface area contributed by atoms with Crippen LogP contribution in [-0.4, -0.2) is 57.6 Å². The lowest BCUT2D eigenvalue weighted by atomic mass is 9.45. The molecule has 1 aromatic rings. The van der Waals surface area contributed by atoms with Crippen molar-refractivity contribution in [1.82, 2.24) is 10.2 Å². The first-order valence-electron chi connectivity index (χ1n) is 14.9. The van der Waals surface area contributed by atoms with Crippen molar-refractivity contribution in [2.75, 3.05) is 13.1 Å². The number of hydrogen-bond donors (Lipinski definition) is 3.